The van der Waals surface area contributed by atoms with Crippen molar-refractivity contribution >= 4 is 28.2 Å². The molecule has 2 aromatic carbocycles. The largest absolute Gasteiger partial charge is 0.462 e. The molecule has 150 valence electrons. The van der Waals surface area contributed by atoms with Crippen molar-refractivity contribution in [3.8, 4) is 11.1 Å². The summed E-state index contributed by atoms with van der Waals surface area (Å²) in [6, 6.07) is 6.72. The molecule has 0 aliphatic carbocycles. The van der Waals surface area contributed by atoms with Gasteiger partial charge in [0, 0.05) is 10.9 Å². The van der Waals surface area contributed by atoms with Gasteiger partial charge in [-0.15, -0.1) is 11.3 Å². The van der Waals surface area contributed by atoms with Crippen LogP contribution < -0.4 is 5.32 Å². The number of anilines is 1. The van der Waals surface area contributed by atoms with Gasteiger partial charge in [-0.3, -0.25) is 4.79 Å². The Balaban J connectivity index is 2.01. The van der Waals surface area contributed by atoms with E-state index in [1.165, 1.54) is 29.6 Å². The first kappa shape index (κ1) is 20.5. The van der Waals surface area contributed by atoms with Gasteiger partial charge in [0.15, 0.2) is 17.5 Å². The number of ether oxygens (including phenoxy) is 1. The molecule has 0 aliphatic heterocycles. The molecule has 1 N–H and O–H groups in total. The molecule has 1 amide bonds. The van der Waals surface area contributed by atoms with E-state index >= 15 is 0 Å². The first-order valence-electron chi connectivity index (χ1n) is 8.32. The predicted molar refractivity (Wildman–Crippen MR) is 99.9 cm³/mol. The fourth-order valence-electron chi connectivity index (χ4n) is 2.57. The van der Waals surface area contributed by atoms with Gasteiger partial charge in [0.25, 0.3) is 5.91 Å². The summed E-state index contributed by atoms with van der Waals surface area (Å²) in [7, 11) is 0. The lowest BCUT2D eigenvalue weighted by molar-refractivity contribution is 0.0529. The lowest BCUT2D eigenvalue weighted by Crippen LogP contribution is -2.17. The van der Waals surface area contributed by atoms with Crippen LogP contribution in [0, 0.1) is 23.3 Å². The van der Waals surface area contributed by atoms with E-state index in [0.29, 0.717) is 17.2 Å². The number of benzene rings is 2. The Morgan fingerprint density at radius 2 is 1.69 bits per heavy atom. The van der Waals surface area contributed by atoms with Crippen molar-refractivity contribution in [2.45, 2.75) is 6.92 Å². The molecule has 0 spiro atoms. The summed E-state index contributed by atoms with van der Waals surface area (Å²) in [5.41, 5.74) is 0.120. The van der Waals surface area contributed by atoms with Gasteiger partial charge in [0.2, 0.25) is 0 Å². The molecule has 0 saturated carbocycles. The van der Waals surface area contributed by atoms with Crippen molar-refractivity contribution in [3.63, 3.8) is 0 Å². The third-order valence-electron chi connectivity index (χ3n) is 3.93. The zero-order valence-electron chi connectivity index (χ0n) is 14.9. The maximum Gasteiger partial charge on any atom is 0.341 e. The van der Waals surface area contributed by atoms with E-state index in [9.17, 15) is 27.2 Å². The Hall–Kier alpha value is -3.20. The summed E-state index contributed by atoms with van der Waals surface area (Å²) in [6.07, 6.45) is 0. The van der Waals surface area contributed by atoms with Crippen molar-refractivity contribution in [2.75, 3.05) is 11.9 Å². The monoisotopic (exact) mass is 423 g/mol. The molecule has 3 aromatic rings. The zero-order chi connectivity index (χ0) is 21.1. The summed E-state index contributed by atoms with van der Waals surface area (Å²) in [5.74, 6) is -7.14. The fraction of sp³-hybridized carbons (Fsp3) is 0.100. The molecule has 0 aliphatic rings. The maximum absolute atomic E-state index is 13.9. The Bertz CT molecular complexity index is 1080. The highest BCUT2D eigenvalue weighted by Crippen LogP contribution is 2.36. The van der Waals surface area contributed by atoms with Crippen LogP contribution in [0.4, 0.5) is 22.6 Å². The van der Waals surface area contributed by atoms with Crippen LogP contribution in [0.1, 0.15) is 27.6 Å². The third kappa shape index (κ3) is 4.14. The van der Waals surface area contributed by atoms with Crippen LogP contribution in [0.5, 0.6) is 0 Å². The molecule has 0 bridgehead atoms. The first-order valence-corrected chi connectivity index (χ1v) is 9.20. The lowest BCUT2D eigenvalue weighted by atomic mass is 10.0. The molecule has 0 atom stereocenters. The molecule has 0 saturated heterocycles. The molecule has 1 heterocycles. The van der Waals surface area contributed by atoms with E-state index in [4.69, 9.17) is 4.74 Å². The van der Waals surface area contributed by atoms with Gasteiger partial charge in [0.1, 0.15) is 16.4 Å². The normalized spacial score (nSPS) is 10.7. The topological polar surface area (TPSA) is 55.4 Å². The average Bonchev–Trinajstić information content (AvgIpc) is 3.10. The van der Waals surface area contributed by atoms with Gasteiger partial charge in [0.05, 0.1) is 12.2 Å². The van der Waals surface area contributed by atoms with Gasteiger partial charge in [-0.1, -0.05) is 12.1 Å². The second-order valence-corrected chi connectivity index (χ2v) is 6.64. The Kier molecular flexibility index (Phi) is 5.97. The molecule has 1 aromatic heterocycles. The number of amides is 1. The van der Waals surface area contributed by atoms with Crippen LogP contribution in [0.25, 0.3) is 11.1 Å². The number of carbonyl (C=O) groups excluding carboxylic acids is 2. The number of hydrogen-bond donors (Lipinski definition) is 1. The quantitative estimate of drug-likeness (QED) is 0.340. The highest BCUT2D eigenvalue weighted by Gasteiger charge is 2.25. The van der Waals surface area contributed by atoms with Crippen molar-refractivity contribution in [2.24, 2.45) is 0 Å². The SMILES string of the molecule is CCOC(=O)c1c(-c2ccc(F)cc2)csc1NC(=O)c1ccc(F)c(F)c1F. The minimum atomic E-state index is -1.78. The number of esters is 1. The second-order valence-electron chi connectivity index (χ2n) is 5.76. The van der Waals surface area contributed by atoms with Crippen molar-refractivity contribution in [1.82, 2.24) is 0 Å². The summed E-state index contributed by atoms with van der Waals surface area (Å²) in [5, 5.41) is 3.89. The predicted octanol–water partition coefficient (Wildman–Crippen LogP) is 5.40. The van der Waals surface area contributed by atoms with Crippen LogP contribution in [0.3, 0.4) is 0 Å². The third-order valence-corrected chi connectivity index (χ3v) is 4.83. The number of thiophene rings is 1. The van der Waals surface area contributed by atoms with Gasteiger partial charge in [-0.05, 0) is 36.8 Å². The maximum atomic E-state index is 13.9. The molecule has 0 fully saturated rings. The van der Waals surface area contributed by atoms with E-state index in [-0.39, 0.29) is 17.2 Å². The van der Waals surface area contributed by atoms with E-state index in [1.807, 2.05) is 0 Å². The van der Waals surface area contributed by atoms with E-state index in [2.05, 4.69) is 5.32 Å². The second kappa shape index (κ2) is 8.44. The van der Waals surface area contributed by atoms with Crippen molar-refractivity contribution < 1.29 is 31.9 Å². The van der Waals surface area contributed by atoms with Gasteiger partial charge >= 0.3 is 5.97 Å². The highest BCUT2D eigenvalue weighted by atomic mass is 32.1. The fourth-order valence-corrected chi connectivity index (χ4v) is 3.52. The molecule has 0 radical (unpaired) electrons. The van der Waals surface area contributed by atoms with E-state index in [1.54, 1.807) is 6.92 Å². The number of carbonyl (C=O) groups is 2. The molecular weight excluding hydrogens is 410 g/mol. The van der Waals surface area contributed by atoms with E-state index < -0.39 is 40.7 Å². The smallest absolute Gasteiger partial charge is 0.341 e. The molecule has 9 heteroatoms. The summed E-state index contributed by atoms with van der Waals surface area (Å²) in [4.78, 5) is 24.8. The molecule has 29 heavy (non-hydrogen) atoms. The summed E-state index contributed by atoms with van der Waals surface area (Å²) in [6.45, 7) is 1.65. The number of hydrogen-bond acceptors (Lipinski definition) is 4. The standard InChI is InChI=1S/C20H13F4NO3S/c1-2-28-20(27)15-13(10-3-5-11(21)6-4-10)9-29-19(15)25-18(26)12-7-8-14(22)17(24)16(12)23/h3-9H,2H2,1H3,(H,25,26). The van der Waals surface area contributed by atoms with Gasteiger partial charge < -0.3 is 10.1 Å². The van der Waals surface area contributed by atoms with Crippen LogP contribution >= 0.6 is 11.3 Å². The van der Waals surface area contributed by atoms with Crippen LogP contribution in [0.2, 0.25) is 0 Å². The first-order chi connectivity index (χ1) is 13.8. The van der Waals surface area contributed by atoms with Crippen LogP contribution in [-0.2, 0) is 4.74 Å². The summed E-state index contributed by atoms with van der Waals surface area (Å²) < 4.78 is 58.6. The number of rotatable bonds is 5. The molecular formula is C20H13F4NO3S. The highest BCUT2D eigenvalue weighted by molar-refractivity contribution is 7.15. The number of halogens is 4. The van der Waals surface area contributed by atoms with Gasteiger partial charge in [-0.25, -0.2) is 22.4 Å². The lowest BCUT2D eigenvalue weighted by Gasteiger charge is -2.09. The van der Waals surface area contributed by atoms with Crippen molar-refractivity contribution in [3.05, 3.63) is 76.2 Å². The van der Waals surface area contributed by atoms with Crippen LogP contribution in [-0.4, -0.2) is 18.5 Å². The van der Waals surface area contributed by atoms with Crippen LogP contribution in [0.15, 0.2) is 41.8 Å². The minimum absolute atomic E-state index is 0.0141. The zero-order valence-corrected chi connectivity index (χ0v) is 15.7. The Morgan fingerprint density at radius 1 is 1.00 bits per heavy atom. The molecule has 4 nitrogen and oxygen atoms in total. The van der Waals surface area contributed by atoms with E-state index in [0.717, 1.165) is 17.4 Å². The van der Waals surface area contributed by atoms with Crippen molar-refractivity contribution in [1.29, 1.82) is 0 Å². The summed E-state index contributed by atoms with van der Waals surface area (Å²) >= 11 is 0.949. The number of nitrogens with one attached hydrogen (secondary N) is 1. The van der Waals surface area contributed by atoms with Gasteiger partial charge in [-0.2, -0.15) is 0 Å². The minimum Gasteiger partial charge on any atom is -0.462 e. The Labute approximate surface area is 166 Å². The average molecular weight is 423 g/mol. The molecule has 3 rings (SSSR count). The Morgan fingerprint density at radius 3 is 2.34 bits per heavy atom. The molecule has 0 unspecified atom stereocenters.